The Balaban J connectivity index is 1.40. The van der Waals surface area contributed by atoms with Gasteiger partial charge in [-0.3, -0.25) is 4.79 Å². The molecule has 0 atom stereocenters. The zero-order chi connectivity index (χ0) is 26.2. The van der Waals surface area contributed by atoms with Crippen molar-refractivity contribution in [2.45, 2.75) is 83.2 Å². The summed E-state index contributed by atoms with van der Waals surface area (Å²) in [6.07, 6.45) is 13.9. The van der Waals surface area contributed by atoms with E-state index in [1.165, 1.54) is 50.8 Å². The molecule has 3 fully saturated rings. The number of rotatable bonds is 6. The van der Waals surface area contributed by atoms with Gasteiger partial charge in [-0.05, 0) is 87.7 Å². The normalized spacial score (nSPS) is 20.0. The largest absolute Gasteiger partial charge is 0.478 e. The highest BCUT2D eigenvalue weighted by molar-refractivity contribution is 6.01. The van der Waals surface area contributed by atoms with Crippen molar-refractivity contribution in [3.63, 3.8) is 0 Å². The van der Waals surface area contributed by atoms with Crippen LogP contribution in [0.15, 0.2) is 35.1 Å². The molecule has 2 aromatic heterocycles. The molecule has 0 radical (unpaired) electrons. The molecule has 1 N–H and O–H groups in total. The lowest BCUT2D eigenvalue weighted by molar-refractivity contribution is -0.133. The third kappa shape index (κ3) is 4.55. The number of nitrogens with zero attached hydrogens (tertiary/aromatic N) is 3. The molecular weight excluding hydrogens is 478 g/mol. The van der Waals surface area contributed by atoms with Crippen LogP contribution >= 0.6 is 0 Å². The van der Waals surface area contributed by atoms with Crippen molar-refractivity contribution in [2.75, 3.05) is 26.2 Å². The zero-order valence-electron chi connectivity index (χ0n) is 22.5. The number of hydrogen-bond donors (Lipinski definition) is 1. The van der Waals surface area contributed by atoms with E-state index in [1.807, 2.05) is 24.0 Å². The summed E-state index contributed by atoms with van der Waals surface area (Å²) in [5.74, 6) is -0.433. The second-order valence-electron chi connectivity index (χ2n) is 11.5. The average molecular weight is 518 g/mol. The Bertz CT molecular complexity index is 1300. The first-order valence-corrected chi connectivity index (χ1v) is 14.5. The molecule has 7 nitrogen and oxygen atoms in total. The first-order valence-electron chi connectivity index (χ1n) is 14.5. The number of amides is 1. The predicted molar refractivity (Wildman–Crippen MR) is 148 cm³/mol. The summed E-state index contributed by atoms with van der Waals surface area (Å²) >= 11 is 0. The number of piperidine rings is 1. The van der Waals surface area contributed by atoms with Gasteiger partial charge < -0.3 is 23.9 Å². The average Bonchev–Trinajstić information content (AvgIpc) is 3.70. The summed E-state index contributed by atoms with van der Waals surface area (Å²) in [6, 6.07) is 6.27. The van der Waals surface area contributed by atoms with E-state index in [-0.39, 0.29) is 12.5 Å². The molecule has 0 bridgehead atoms. The molecule has 0 unspecified atom stereocenters. The molecule has 4 heterocycles. The van der Waals surface area contributed by atoms with Crippen LogP contribution in [0.4, 0.5) is 0 Å². The number of likely N-dealkylation sites (tertiary alicyclic amines) is 2. The monoisotopic (exact) mass is 517 g/mol. The van der Waals surface area contributed by atoms with Gasteiger partial charge in [0.25, 0.3) is 0 Å². The van der Waals surface area contributed by atoms with Gasteiger partial charge in [0, 0.05) is 30.1 Å². The molecule has 1 amide bonds. The van der Waals surface area contributed by atoms with Crippen LogP contribution in [0.1, 0.15) is 85.2 Å². The Morgan fingerprint density at radius 3 is 2.34 bits per heavy atom. The van der Waals surface area contributed by atoms with Crippen molar-refractivity contribution in [3.05, 3.63) is 47.4 Å². The number of fused-ring (bicyclic) bond motifs is 1. The summed E-state index contributed by atoms with van der Waals surface area (Å²) < 4.78 is 7.64. The Kier molecular flexibility index (Phi) is 7.04. The van der Waals surface area contributed by atoms with Crippen LogP contribution in [-0.2, 0) is 11.3 Å². The molecule has 3 aromatic rings. The summed E-state index contributed by atoms with van der Waals surface area (Å²) in [6.45, 7) is 6.05. The van der Waals surface area contributed by atoms with Crippen LogP contribution in [0.25, 0.3) is 22.2 Å². The first-order chi connectivity index (χ1) is 18.5. The summed E-state index contributed by atoms with van der Waals surface area (Å²) in [7, 11) is 0. The quantitative estimate of drug-likeness (QED) is 0.431. The van der Waals surface area contributed by atoms with E-state index in [0.29, 0.717) is 17.5 Å². The molecule has 6 rings (SSSR count). The Hall–Kier alpha value is -3.06. The van der Waals surface area contributed by atoms with E-state index in [0.717, 1.165) is 66.5 Å². The fourth-order valence-corrected chi connectivity index (χ4v) is 7.38. The minimum Gasteiger partial charge on any atom is -0.478 e. The third-order valence-electron chi connectivity index (χ3n) is 9.32. The molecular formula is C31H39N3O4. The smallest absolute Gasteiger partial charge is 0.336 e. The van der Waals surface area contributed by atoms with Crippen molar-refractivity contribution in [2.24, 2.45) is 0 Å². The van der Waals surface area contributed by atoms with Gasteiger partial charge in [-0.15, -0.1) is 0 Å². The van der Waals surface area contributed by atoms with Gasteiger partial charge in [0.15, 0.2) is 0 Å². The summed E-state index contributed by atoms with van der Waals surface area (Å²) in [5, 5.41) is 11.0. The lowest BCUT2D eigenvalue weighted by Gasteiger charge is -2.36. The minimum atomic E-state index is -0.934. The van der Waals surface area contributed by atoms with Gasteiger partial charge in [0.1, 0.15) is 6.54 Å². The second kappa shape index (κ2) is 10.6. The SMILES string of the molecule is Cc1c(C(=O)O)ccc2c(C3CCCCC3)c(-c3ccoc3)n(CC(=O)N3CCC(N4CCCC4)CC3)c12. The molecule has 0 spiro atoms. The number of carboxylic acids is 1. The van der Waals surface area contributed by atoms with Gasteiger partial charge in [-0.25, -0.2) is 4.79 Å². The highest BCUT2D eigenvalue weighted by Gasteiger charge is 2.32. The highest BCUT2D eigenvalue weighted by atomic mass is 16.4. The Morgan fingerprint density at radius 1 is 0.947 bits per heavy atom. The third-order valence-corrected chi connectivity index (χ3v) is 9.32. The maximum Gasteiger partial charge on any atom is 0.336 e. The van der Waals surface area contributed by atoms with Gasteiger partial charge >= 0.3 is 5.97 Å². The number of hydrogen-bond acceptors (Lipinski definition) is 4. The predicted octanol–water partition coefficient (Wildman–Crippen LogP) is 6.04. The van der Waals surface area contributed by atoms with Crippen LogP contribution < -0.4 is 0 Å². The van der Waals surface area contributed by atoms with E-state index < -0.39 is 5.97 Å². The van der Waals surface area contributed by atoms with Gasteiger partial charge in [0.05, 0.1) is 29.3 Å². The minimum absolute atomic E-state index is 0.113. The number of furan rings is 1. The maximum atomic E-state index is 13.8. The van der Waals surface area contributed by atoms with Crippen molar-refractivity contribution >= 4 is 22.8 Å². The van der Waals surface area contributed by atoms with E-state index in [2.05, 4.69) is 9.47 Å². The molecule has 2 aliphatic heterocycles. The fourth-order valence-electron chi connectivity index (χ4n) is 7.38. The first kappa shape index (κ1) is 25.2. The number of aromatic nitrogens is 1. The van der Waals surface area contributed by atoms with Crippen molar-refractivity contribution in [3.8, 4) is 11.3 Å². The van der Waals surface area contributed by atoms with Crippen molar-refractivity contribution in [1.82, 2.24) is 14.4 Å². The lowest BCUT2D eigenvalue weighted by atomic mass is 9.82. The molecule has 2 saturated heterocycles. The van der Waals surface area contributed by atoms with E-state index in [9.17, 15) is 14.7 Å². The van der Waals surface area contributed by atoms with Gasteiger partial charge in [-0.2, -0.15) is 0 Å². The number of carboxylic acid groups (broad SMARTS) is 1. The van der Waals surface area contributed by atoms with Crippen LogP contribution in [0.3, 0.4) is 0 Å². The molecule has 1 aliphatic carbocycles. The van der Waals surface area contributed by atoms with E-state index >= 15 is 0 Å². The fraction of sp³-hybridized carbons (Fsp3) is 0.548. The molecule has 1 saturated carbocycles. The Labute approximate surface area is 224 Å². The van der Waals surface area contributed by atoms with E-state index in [1.54, 1.807) is 18.6 Å². The van der Waals surface area contributed by atoms with Crippen LogP contribution in [0.5, 0.6) is 0 Å². The molecule has 38 heavy (non-hydrogen) atoms. The van der Waals surface area contributed by atoms with Crippen molar-refractivity contribution in [1.29, 1.82) is 0 Å². The number of carbonyl (C=O) groups is 2. The molecule has 7 heteroatoms. The van der Waals surface area contributed by atoms with E-state index in [4.69, 9.17) is 4.42 Å². The maximum absolute atomic E-state index is 13.8. The lowest BCUT2D eigenvalue weighted by Crippen LogP contribution is -2.46. The molecule has 202 valence electrons. The second-order valence-corrected chi connectivity index (χ2v) is 11.5. The number of carbonyl (C=O) groups excluding carboxylic acids is 1. The number of aromatic carboxylic acids is 1. The van der Waals surface area contributed by atoms with Gasteiger partial charge in [0.2, 0.25) is 5.91 Å². The topological polar surface area (TPSA) is 78.9 Å². The molecule has 1 aromatic carbocycles. The standard InChI is InChI=1S/C31H39N3O4/c1-21-25(31(36)37)9-10-26-28(22-7-3-2-4-8-22)30(23-13-18-38-20-23)34(29(21)26)19-27(35)33-16-11-24(12-17-33)32-14-5-6-15-32/h9-10,13,18,20,22,24H,2-8,11-12,14-17,19H2,1H3,(H,36,37). The van der Waals surface area contributed by atoms with Crippen LogP contribution in [0, 0.1) is 6.92 Å². The van der Waals surface area contributed by atoms with Crippen LogP contribution in [-0.4, -0.2) is 63.6 Å². The van der Waals surface area contributed by atoms with Crippen LogP contribution in [0.2, 0.25) is 0 Å². The van der Waals surface area contributed by atoms with Gasteiger partial charge in [-0.1, -0.05) is 25.3 Å². The highest BCUT2D eigenvalue weighted by Crippen LogP contribution is 2.45. The summed E-state index contributed by atoms with van der Waals surface area (Å²) in [4.78, 5) is 30.6. The Morgan fingerprint density at radius 2 is 1.68 bits per heavy atom. The molecule has 3 aliphatic rings. The van der Waals surface area contributed by atoms with Crippen molar-refractivity contribution < 1.29 is 19.1 Å². The number of aryl methyl sites for hydroxylation is 1. The number of benzene rings is 1. The summed E-state index contributed by atoms with van der Waals surface area (Å²) in [5.41, 5.74) is 5.13. The zero-order valence-corrected chi connectivity index (χ0v) is 22.5.